The highest BCUT2D eigenvalue weighted by molar-refractivity contribution is 5.76. The smallest absolute Gasteiger partial charge is 0.229 e. The number of imidazole rings is 1. The van der Waals surface area contributed by atoms with Gasteiger partial charge in [-0.05, 0) is 48.5 Å². The molecule has 0 saturated heterocycles. The molecule has 0 spiro atoms. The van der Waals surface area contributed by atoms with Crippen LogP contribution in [0.4, 0.5) is 17.3 Å². The summed E-state index contributed by atoms with van der Waals surface area (Å²) < 4.78 is 10.5. The lowest BCUT2D eigenvalue weighted by molar-refractivity contribution is 0.146. The van der Waals surface area contributed by atoms with Crippen molar-refractivity contribution in [2.75, 3.05) is 31.4 Å². The van der Waals surface area contributed by atoms with Crippen LogP contribution in [0.15, 0.2) is 54.7 Å². The fourth-order valence-electron chi connectivity index (χ4n) is 2.65. The van der Waals surface area contributed by atoms with Gasteiger partial charge in [-0.3, -0.25) is 0 Å². The van der Waals surface area contributed by atoms with E-state index in [4.69, 9.17) is 15.2 Å². The fourth-order valence-corrected chi connectivity index (χ4v) is 2.65. The Morgan fingerprint density at radius 2 is 1.79 bits per heavy atom. The minimum absolute atomic E-state index is 0.480. The van der Waals surface area contributed by atoms with Crippen LogP contribution < -0.4 is 15.8 Å². The molecule has 2 aromatic carbocycles. The average molecular weight is 376 g/mol. The topological polar surface area (TPSA) is 111 Å². The molecule has 0 unspecified atom stereocenters. The molecule has 0 aliphatic carbocycles. The molecule has 2 aromatic heterocycles. The summed E-state index contributed by atoms with van der Waals surface area (Å²) in [6.45, 7) is 1.07. The van der Waals surface area contributed by atoms with E-state index in [0.717, 1.165) is 22.8 Å². The number of aromatic amines is 1. The van der Waals surface area contributed by atoms with Crippen LogP contribution in [0.1, 0.15) is 0 Å². The summed E-state index contributed by atoms with van der Waals surface area (Å²) in [7, 11) is 1.64. The number of nitrogens with zero attached hydrogens (tertiary/aromatic N) is 3. The van der Waals surface area contributed by atoms with Gasteiger partial charge in [-0.2, -0.15) is 4.98 Å². The Morgan fingerprint density at radius 3 is 2.54 bits per heavy atom. The van der Waals surface area contributed by atoms with Gasteiger partial charge in [0.1, 0.15) is 23.7 Å². The number of nitrogen functional groups attached to an aromatic ring is 1. The first-order valence-electron chi connectivity index (χ1n) is 8.79. The quantitative estimate of drug-likeness (QED) is 0.335. The van der Waals surface area contributed by atoms with Crippen LogP contribution in [0.2, 0.25) is 0 Å². The van der Waals surface area contributed by atoms with Crippen molar-refractivity contribution in [3.05, 3.63) is 54.7 Å². The number of rotatable bonds is 7. The lowest BCUT2D eigenvalue weighted by atomic mass is 10.2. The molecule has 2 heterocycles. The van der Waals surface area contributed by atoms with E-state index in [0.29, 0.717) is 36.0 Å². The molecule has 142 valence electrons. The van der Waals surface area contributed by atoms with Crippen molar-refractivity contribution in [3.63, 3.8) is 0 Å². The Labute approximate surface area is 161 Å². The number of benzene rings is 2. The van der Waals surface area contributed by atoms with E-state index >= 15 is 0 Å². The second-order valence-electron chi connectivity index (χ2n) is 6.13. The van der Waals surface area contributed by atoms with Gasteiger partial charge in [-0.1, -0.05) is 0 Å². The van der Waals surface area contributed by atoms with Crippen LogP contribution in [-0.4, -0.2) is 40.3 Å². The highest BCUT2D eigenvalue weighted by atomic mass is 16.5. The Balaban J connectivity index is 1.49. The summed E-state index contributed by atoms with van der Waals surface area (Å²) in [6, 6.07) is 15.1. The number of methoxy groups -OCH3 is 1. The number of anilines is 3. The van der Waals surface area contributed by atoms with Gasteiger partial charge in [-0.15, -0.1) is 0 Å². The highest BCUT2D eigenvalue weighted by Gasteiger charge is 2.08. The SMILES string of the molecule is COCCOc1ccc(Nc2ncc3nc(-c4ccc(N)cc4)[nH]c3n2)cc1. The van der Waals surface area contributed by atoms with Crippen LogP contribution in [0.5, 0.6) is 5.75 Å². The predicted molar refractivity (Wildman–Crippen MR) is 109 cm³/mol. The maximum absolute atomic E-state index is 5.74. The van der Waals surface area contributed by atoms with Crippen LogP contribution in [0.3, 0.4) is 0 Å². The number of nitrogens with one attached hydrogen (secondary N) is 2. The molecule has 0 fully saturated rings. The monoisotopic (exact) mass is 376 g/mol. The number of aromatic nitrogens is 4. The van der Waals surface area contributed by atoms with E-state index < -0.39 is 0 Å². The number of hydrogen-bond acceptors (Lipinski definition) is 7. The van der Waals surface area contributed by atoms with Gasteiger partial charge in [0.05, 0.1) is 12.8 Å². The third-order valence-corrected chi connectivity index (χ3v) is 4.09. The van der Waals surface area contributed by atoms with Crippen LogP contribution >= 0.6 is 0 Å². The predicted octanol–water partition coefficient (Wildman–Crippen LogP) is 3.37. The third kappa shape index (κ3) is 4.02. The van der Waals surface area contributed by atoms with Gasteiger partial charge < -0.3 is 25.5 Å². The largest absolute Gasteiger partial charge is 0.491 e. The summed E-state index contributed by atoms with van der Waals surface area (Å²) in [4.78, 5) is 16.6. The third-order valence-electron chi connectivity index (χ3n) is 4.09. The van der Waals surface area contributed by atoms with Crippen LogP contribution in [0, 0.1) is 0 Å². The number of ether oxygens (including phenoxy) is 2. The molecule has 4 N–H and O–H groups in total. The van der Waals surface area contributed by atoms with Gasteiger partial charge in [0.2, 0.25) is 5.95 Å². The molecule has 28 heavy (non-hydrogen) atoms. The number of fused-ring (bicyclic) bond motifs is 1. The fraction of sp³-hybridized carbons (Fsp3) is 0.150. The first-order chi connectivity index (χ1) is 13.7. The zero-order valence-electron chi connectivity index (χ0n) is 15.3. The molecule has 0 aliphatic rings. The molecule has 4 rings (SSSR count). The first-order valence-corrected chi connectivity index (χ1v) is 8.79. The Hall–Kier alpha value is -3.65. The molecule has 8 nitrogen and oxygen atoms in total. The van der Waals surface area contributed by atoms with E-state index in [1.165, 1.54) is 0 Å². The summed E-state index contributed by atoms with van der Waals surface area (Å²) in [5.41, 5.74) is 9.59. The van der Waals surface area contributed by atoms with Crippen molar-refractivity contribution in [3.8, 4) is 17.1 Å². The van der Waals surface area contributed by atoms with Crippen LogP contribution in [0.25, 0.3) is 22.6 Å². The molecule has 4 aromatic rings. The van der Waals surface area contributed by atoms with Gasteiger partial charge in [0.25, 0.3) is 0 Å². The molecule has 0 bridgehead atoms. The minimum Gasteiger partial charge on any atom is -0.491 e. The van der Waals surface area contributed by atoms with Crippen molar-refractivity contribution < 1.29 is 9.47 Å². The number of nitrogens with two attached hydrogens (primary N) is 1. The molecular formula is C20H20N6O2. The summed E-state index contributed by atoms with van der Waals surface area (Å²) in [5, 5.41) is 3.18. The van der Waals surface area contributed by atoms with Crippen molar-refractivity contribution in [2.45, 2.75) is 0 Å². The van der Waals surface area contributed by atoms with E-state index in [-0.39, 0.29) is 0 Å². The Kier molecular flexibility index (Phi) is 5.03. The number of hydrogen-bond donors (Lipinski definition) is 3. The van der Waals surface area contributed by atoms with Gasteiger partial charge in [0, 0.05) is 24.0 Å². The minimum atomic E-state index is 0.480. The molecule has 0 saturated carbocycles. The summed E-state index contributed by atoms with van der Waals surface area (Å²) >= 11 is 0. The van der Waals surface area contributed by atoms with Crippen molar-refractivity contribution >= 4 is 28.5 Å². The number of H-pyrrole nitrogens is 1. The zero-order chi connectivity index (χ0) is 19.3. The van der Waals surface area contributed by atoms with Crippen molar-refractivity contribution in [1.29, 1.82) is 0 Å². The highest BCUT2D eigenvalue weighted by Crippen LogP contribution is 2.22. The Morgan fingerprint density at radius 1 is 1.00 bits per heavy atom. The van der Waals surface area contributed by atoms with E-state index in [1.54, 1.807) is 13.3 Å². The Bertz CT molecular complexity index is 1060. The maximum atomic E-state index is 5.74. The molecule has 0 amide bonds. The normalized spacial score (nSPS) is 10.9. The first kappa shape index (κ1) is 17.7. The lowest BCUT2D eigenvalue weighted by Crippen LogP contribution is -2.04. The maximum Gasteiger partial charge on any atom is 0.229 e. The molecule has 0 aliphatic heterocycles. The van der Waals surface area contributed by atoms with E-state index in [9.17, 15) is 0 Å². The lowest BCUT2D eigenvalue weighted by Gasteiger charge is -2.07. The summed E-state index contributed by atoms with van der Waals surface area (Å²) in [5.74, 6) is 1.98. The zero-order valence-corrected chi connectivity index (χ0v) is 15.3. The average Bonchev–Trinajstić information content (AvgIpc) is 3.13. The second-order valence-corrected chi connectivity index (χ2v) is 6.13. The van der Waals surface area contributed by atoms with Gasteiger partial charge >= 0.3 is 0 Å². The molecular weight excluding hydrogens is 356 g/mol. The van der Waals surface area contributed by atoms with Crippen molar-refractivity contribution in [2.24, 2.45) is 0 Å². The second kappa shape index (κ2) is 7.93. The van der Waals surface area contributed by atoms with Gasteiger partial charge in [-0.25, -0.2) is 9.97 Å². The van der Waals surface area contributed by atoms with E-state index in [2.05, 4.69) is 25.3 Å². The van der Waals surface area contributed by atoms with Crippen LogP contribution in [-0.2, 0) is 4.74 Å². The van der Waals surface area contributed by atoms with Gasteiger partial charge in [0.15, 0.2) is 5.65 Å². The molecule has 8 heteroatoms. The van der Waals surface area contributed by atoms with Crippen molar-refractivity contribution in [1.82, 2.24) is 19.9 Å². The standard InChI is InChI=1S/C20H20N6O2/c1-27-10-11-28-16-8-6-15(7-9-16)23-20-22-12-17-19(26-20)25-18(24-17)13-2-4-14(21)5-3-13/h2-9,12H,10-11,21H2,1H3,(H2,22,23,24,25,26). The molecule has 0 atom stereocenters. The summed E-state index contributed by atoms with van der Waals surface area (Å²) in [6.07, 6.45) is 1.68. The van der Waals surface area contributed by atoms with E-state index in [1.807, 2.05) is 48.5 Å². The molecule has 0 radical (unpaired) electrons.